The van der Waals surface area contributed by atoms with Gasteiger partial charge in [-0.05, 0) is 12.1 Å². The van der Waals surface area contributed by atoms with Crippen LogP contribution in [0.3, 0.4) is 0 Å². The summed E-state index contributed by atoms with van der Waals surface area (Å²) in [6.45, 7) is 0. The van der Waals surface area contributed by atoms with Crippen LogP contribution >= 0.6 is 27.5 Å². The van der Waals surface area contributed by atoms with E-state index in [1.807, 2.05) is 0 Å². The number of rotatable bonds is 1. The summed E-state index contributed by atoms with van der Waals surface area (Å²) in [7, 11) is 0. The highest BCUT2D eigenvalue weighted by Crippen LogP contribution is 2.31. The summed E-state index contributed by atoms with van der Waals surface area (Å²) in [5.41, 5.74) is 1.09. The minimum atomic E-state index is 0.479. The number of carbonyl (C=O) groups excluding carboxylic acids is 1. The Balaban J connectivity index is 2.89. The van der Waals surface area contributed by atoms with Gasteiger partial charge in [-0.1, -0.05) is 27.5 Å². The van der Waals surface area contributed by atoms with Crippen molar-refractivity contribution in [3.63, 3.8) is 0 Å². The molecule has 0 aliphatic rings. The van der Waals surface area contributed by atoms with Crippen molar-refractivity contribution >= 4 is 44.8 Å². The molecular formula is C9H4BrClO2. The Morgan fingerprint density at radius 1 is 1.46 bits per heavy atom. The van der Waals surface area contributed by atoms with Gasteiger partial charge in [0.2, 0.25) is 0 Å². The zero-order valence-corrected chi connectivity index (χ0v) is 8.72. The average Bonchev–Trinajstić information content (AvgIpc) is 2.47. The van der Waals surface area contributed by atoms with Crippen LogP contribution in [-0.2, 0) is 0 Å². The van der Waals surface area contributed by atoms with Crippen LogP contribution in [0.4, 0.5) is 0 Å². The Labute approximate surface area is 87.6 Å². The molecule has 2 rings (SSSR count). The van der Waals surface area contributed by atoms with Gasteiger partial charge < -0.3 is 4.42 Å². The molecule has 0 saturated carbocycles. The maximum Gasteiger partial charge on any atom is 0.153 e. The van der Waals surface area contributed by atoms with Gasteiger partial charge in [0, 0.05) is 9.86 Å². The summed E-state index contributed by atoms with van der Waals surface area (Å²) in [5.74, 6) is 0. The number of hydrogen-bond donors (Lipinski definition) is 0. The summed E-state index contributed by atoms with van der Waals surface area (Å²) in [6, 6.07) is 3.50. The van der Waals surface area contributed by atoms with Gasteiger partial charge in [0.25, 0.3) is 0 Å². The van der Waals surface area contributed by atoms with Crippen molar-refractivity contribution in [2.45, 2.75) is 0 Å². The van der Waals surface area contributed by atoms with Crippen molar-refractivity contribution in [2.75, 3.05) is 0 Å². The Morgan fingerprint density at radius 3 is 2.92 bits per heavy atom. The van der Waals surface area contributed by atoms with Crippen LogP contribution in [0.15, 0.2) is 27.3 Å². The molecule has 66 valence electrons. The average molecular weight is 259 g/mol. The quantitative estimate of drug-likeness (QED) is 0.732. The molecule has 0 aliphatic heterocycles. The monoisotopic (exact) mass is 258 g/mol. The normalized spacial score (nSPS) is 10.6. The Hall–Kier alpha value is -0.800. The summed E-state index contributed by atoms with van der Waals surface area (Å²) in [5, 5.41) is 1.18. The van der Waals surface area contributed by atoms with E-state index in [-0.39, 0.29) is 0 Å². The van der Waals surface area contributed by atoms with Gasteiger partial charge in [-0.2, -0.15) is 0 Å². The zero-order chi connectivity index (χ0) is 9.42. The van der Waals surface area contributed by atoms with Crippen LogP contribution < -0.4 is 0 Å². The van der Waals surface area contributed by atoms with Gasteiger partial charge in [-0.25, -0.2) is 0 Å². The first-order valence-electron chi connectivity index (χ1n) is 3.54. The maximum atomic E-state index is 10.6. The first kappa shape index (κ1) is 8.78. The highest BCUT2D eigenvalue weighted by molar-refractivity contribution is 9.10. The molecular weight excluding hydrogens is 255 g/mol. The van der Waals surface area contributed by atoms with E-state index in [1.54, 1.807) is 12.1 Å². The van der Waals surface area contributed by atoms with E-state index in [0.29, 0.717) is 21.6 Å². The van der Waals surface area contributed by atoms with Gasteiger partial charge in [0.15, 0.2) is 6.29 Å². The van der Waals surface area contributed by atoms with Crippen LogP contribution in [0, 0.1) is 0 Å². The molecule has 1 aromatic heterocycles. The van der Waals surface area contributed by atoms with Crippen LogP contribution in [-0.4, -0.2) is 6.29 Å². The number of carbonyl (C=O) groups is 1. The number of hydrogen-bond acceptors (Lipinski definition) is 2. The predicted octanol–water partition coefficient (Wildman–Crippen LogP) is 3.66. The fourth-order valence-corrected chi connectivity index (χ4v) is 2.08. The van der Waals surface area contributed by atoms with Gasteiger partial charge in [-0.3, -0.25) is 4.79 Å². The molecule has 2 aromatic rings. The fourth-order valence-electron chi connectivity index (χ4n) is 1.20. The van der Waals surface area contributed by atoms with Crippen LogP contribution in [0.25, 0.3) is 11.0 Å². The van der Waals surface area contributed by atoms with Crippen LogP contribution in [0.5, 0.6) is 0 Å². The molecule has 0 N–H and O–H groups in total. The number of furan rings is 1. The molecule has 0 saturated heterocycles. The van der Waals surface area contributed by atoms with Crippen LogP contribution in [0.2, 0.25) is 5.02 Å². The first-order valence-corrected chi connectivity index (χ1v) is 4.71. The number of halogens is 2. The molecule has 0 bridgehead atoms. The molecule has 1 aromatic carbocycles. The third-order valence-electron chi connectivity index (χ3n) is 1.75. The molecule has 1 heterocycles. The highest BCUT2D eigenvalue weighted by atomic mass is 79.9. The molecule has 13 heavy (non-hydrogen) atoms. The minimum Gasteiger partial charge on any atom is -0.463 e. The number of benzene rings is 1. The van der Waals surface area contributed by atoms with Gasteiger partial charge >= 0.3 is 0 Å². The van der Waals surface area contributed by atoms with Crippen LogP contribution in [0.1, 0.15) is 10.4 Å². The Morgan fingerprint density at radius 2 is 2.23 bits per heavy atom. The number of fused-ring (bicyclic) bond motifs is 1. The van der Waals surface area contributed by atoms with E-state index >= 15 is 0 Å². The second-order valence-electron chi connectivity index (χ2n) is 2.57. The third kappa shape index (κ3) is 1.38. The summed E-state index contributed by atoms with van der Waals surface area (Å²) >= 11 is 9.22. The lowest BCUT2D eigenvalue weighted by atomic mass is 10.2. The topological polar surface area (TPSA) is 30.2 Å². The molecule has 0 radical (unpaired) electrons. The molecule has 0 unspecified atom stereocenters. The van der Waals surface area contributed by atoms with E-state index in [2.05, 4.69) is 15.9 Å². The lowest BCUT2D eigenvalue weighted by Crippen LogP contribution is -1.76. The number of aldehydes is 1. The van der Waals surface area contributed by atoms with E-state index in [1.165, 1.54) is 6.26 Å². The van der Waals surface area contributed by atoms with Gasteiger partial charge in [0.1, 0.15) is 11.8 Å². The first-order chi connectivity index (χ1) is 6.22. The summed E-state index contributed by atoms with van der Waals surface area (Å²) < 4.78 is 5.99. The lowest BCUT2D eigenvalue weighted by molar-refractivity contribution is 0.112. The smallest absolute Gasteiger partial charge is 0.153 e. The van der Waals surface area contributed by atoms with Gasteiger partial charge in [-0.15, -0.1) is 0 Å². The minimum absolute atomic E-state index is 0.479. The van der Waals surface area contributed by atoms with E-state index < -0.39 is 0 Å². The molecule has 0 fully saturated rings. The van der Waals surface area contributed by atoms with E-state index in [0.717, 1.165) is 10.8 Å². The Kier molecular flexibility index (Phi) is 2.14. The second kappa shape index (κ2) is 3.16. The SMILES string of the molecule is O=Cc1coc2cc(Br)cc(Cl)c12. The van der Waals surface area contributed by atoms with Gasteiger partial charge in [0.05, 0.1) is 10.6 Å². The Bertz CT molecular complexity index is 476. The fraction of sp³-hybridized carbons (Fsp3) is 0. The molecule has 4 heteroatoms. The zero-order valence-electron chi connectivity index (χ0n) is 6.38. The van der Waals surface area contributed by atoms with Crippen molar-refractivity contribution in [3.8, 4) is 0 Å². The lowest BCUT2D eigenvalue weighted by Gasteiger charge is -1.94. The standard InChI is InChI=1S/C9H4BrClO2/c10-6-1-7(11)9-5(3-12)4-13-8(9)2-6/h1-4H. The molecule has 2 nitrogen and oxygen atoms in total. The third-order valence-corrected chi connectivity index (χ3v) is 2.50. The van der Waals surface area contributed by atoms with E-state index in [4.69, 9.17) is 16.0 Å². The molecule has 0 amide bonds. The maximum absolute atomic E-state index is 10.6. The van der Waals surface area contributed by atoms with Crippen molar-refractivity contribution in [2.24, 2.45) is 0 Å². The molecule has 0 atom stereocenters. The summed E-state index contributed by atoms with van der Waals surface area (Å²) in [6.07, 6.45) is 2.13. The highest BCUT2D eigenvalue weighted by Gasteiger charge is 2.09. The van der Waals surface area contributed by atoms with Crippen molar-refractivity contribution in [3.05, 3.63) is 33.5 Å². The second-order valence-corrected chi connectivity index (χ2v) is 3.89. The predicted molar refractivity (Wildman–Crippen MR) is 54.3 cm³/mol. The molecule has 0 aliphatic carbocycles. The van der Waals surface area contributed by atoms with Crippen molar-refractivity contribution in [1.82, 2.24) is 0 Å². The largest absolute Gasteiger partial charge is 0.463 e. The van der Waals surface area contributed by atoms with E-state index in [9.17, 15) is 4.79 Å². The van der Waals surface area contributed by atoms with Crippen molar-refractivity contribution in [1.29, 1.82) is 0 Å². The molecule has 0 spiro atoms. The van der Waals surface area contributed by atoms with Crippen molar-refractivity contribution < 1.29 is 9.21 Å². The summed E-state index contributed by atoms with van der Waals surface area (Å²) in [4.78, 5) is 10.6.